The number of carbonyl (C=O) groups excluding carboxylic acids is 2. The number of amides is 2. The maximum Gasteiger partial charge on any atom is 0.407 e. The molecule has 0 saturated carbocycles. The summed E-state index contributed by atoms with van der Waals surface area (Å²) in [7, 11) is -4.68. The van der Waals surface area contributed by atoms with Gasteiger partial charge in [0.2, 0.25) is 5.91 Å². The van der Waals surface area contributed by atoms with E-state index < -0.39 is 33.1 Å². The van der Waals surface area contributed by atoms with Gasteiger partial charge in [0.25, 0.3) is 0 Å². The monoisotopic (exact) mass is 324 g/mol. The summed E-state index contributed by atoms with van der Waals surface area (Å²) in [5.41, 5.74) is -0.586. The number of hydrogen-bond acceptors (Lipinski definition) is 5. The highest BCUT2D eigenvalue weighted by atomic mass is 32.3. The molecule has 2 amide bonds. The molecule has 1 atom stereocenters. The summed E-state index contributed by atoms with van der Waals surface area (Å²) >= 11 is 0. The van der Waals surface area contributed by atoms with Gasteiger partial charge in [0, 0.05) is 26.1 Å². The third-order valence-corrected chi connectivity index (χ3v) is 3.96. The highest BCUT2D eigenvalue weighted by Gasteiger charge is 2.37. The average molecular weight is 324 g/mol. The van der Waals surface area contributed by atoms with Crippen LogP contribution in [0.2, 0.25) is 0 Å². The maximum absolute atomic E-state index is 12.8. The Labute approximate surface area is 124 Å². The standard InChI is InChI=1S/C12H21FN2O5S/c1-12(2,3)20-11(17)14-5-4-6-15-8-9(7-10(15)16)21(13,18)19/h9H,4-8H2,1-3H3,(H,14,17). The van der Waals surface area contributed by atoms with Gasteiger partial charge in [-0.1, -0.05) is 0 Å². The Morgan fingerprint density at radius 2 is 2.10 bits per heavy atom. The summed E-state index contributed by atoms with van der Waals surface area (Å²) < 4.78 is 39.4. The van der Waals surface area contributed by atoms with Gasteiger partial charge in [0.05, 0.1) is 0 Å². The number of ether oxygens (including phenoxy) is 1. The molecule has 0 spiro atoms. The third-order valence-electron chi connectivity index (χ3n) is 2.85. The van der Waals surface area contributed by atoms with Crippen LogP contribution in [0.25, 0.3) is 0 Å². The van der Waals surface area contributed by atoms with Crippen molar-refractivity contribution in [1.82, 2.24) is 10.2 Å². The summed E-state index contributed by atoms with van der Waals surface area (Å²) in [6.07, 6.45) is -0.443. The summed E-state index contributed by atoms with van der Waals surface area (Å²) in [6, 6.07) is 0. The van der Waals surface area contributed by atoms with Gasteiger partial charge >= 0.3 is 16.3 Å². The number of carbonyl (C=O) groups is 2. The van der Waals surface area contributed by atoms with Crippen molar-refractivity contribution < 1.29 is 26.6 Å². The van der Waals surface area contributed by atoms with E-state index >= 15 is 0 Å². The quantitative estimate of drug-likeness (QED) is 0.596. The van der Waals surface area contributed by atoms with Crippen molar-refractivity contribution >= 4 is 22.2 Å². The smallest absolute Gasteiger partial charge is 0.407 e. The molecule has 0 bridgehead atoms. The molecule has 0 radical (unpaired) electrons. The fourth-order valence-corrected chi connectivity index (χ4v) is 2.61. The molecule has 0 aromatic carbocycles. The Bertz CT molecular complexity index is 500. The molecule has 1 heterocycles. The lowest BCUT2D eigenvalue weighted by molar-refractivity contribution is -0.127. The largest absolute Gasteiger partial charge is 0.444 e. The van der Waals surface area contributed by atoms with Crippen molar-refractivity contribution in [2.24, 2.45) is 0 Å². The van der Waals surface area contributed by atoms with Gasteiger partial charge in [-0.05, 0) is 27.2 Å². The van der Waals surface area contributed by atoms with Crippen molar-refractivity contribution in [1.29, 1.82) is 0 Å². The SMILES string of the molecule is CC(C)(C)OC(=O)NCCCN1CC(S(=O)(=O)F)CC1=O. The molecule has 1 N–H and O–H groups in total. The molecular formula is C12H21FN2O5S. The highest BCUT2D eigenvalue weighted by molar-refractivity contribution is 7.87. The van der Waals surface area contributed by atoms with Crippen LogP contribution in [0.5, 0.6) is 0 Å². The number of nitrogens with one attached hydrogen (secondary N) is 1. The number of rotatable bonds is 5. The Kier molecular flexibility index (Phi) is 5.54. The lowest BCUT2D eigenvalue weighted by atomic mass is 10.2. The first-order valence-corrected chi connectivity index (χ1v) is 8.12. The number of likely N-dealkylation sites (tertiary alicyclic amines) is 1. The number of hydrogen-bond donors (Lipinski definition) is 1. The van der Waals surface area contributed by atoms with E-state index in [0.717, 1.165) is 0 Å². The molecule has 7 nitrogen and oxygen atoms in total. The zero-order valence-electron chi connectivity index (χ0n) is 12.4. The first kappa shape index (κ1) is 17.7. The first-order valence-electron chi connectivity index (χ1n) is 6.67. The molecule has 1 aliphatic heterocycles. The van der Waals surface area contributed by atoms with Gasteiger partial charge in [-0.25, -0.2) is 4.79 Å². The van der Waals surface area contributed by atoms with Gasteiger partial charge in [0.1, 0.15) is 10.9 Å². The van der Waals surface area contributed by atoms with E-state index in [1.165, 1.54) is 4.90 Å². The maximum atomic E-state index is 12.8. The summed E-state index contributed by atoms with van der Waals surface area (Å²) in [4.78, 5) is 24.2. The predicted molar refractivity (Wildman–Crippen MR) is 73.9 cm³/mol. The van der Waals surface area contributed by atoms with Crippen molar-refractivity contribution in [3.05, 3.63) is 0 Å². The van der Waals surface area contributed by atoms with Crippen LogP contribution in [0.4, 0.5) is 8.68 Å². The van der Waals surface area contributed by atoms with Gasteiger partial charge in [0.15, 0.2) is 0 Å². The number of nitrogens with zero attached hydrogens (tertiary/aromatic N) is 1. The molecule has 0 aromatic rings. The van der Waals surface area contributed by atoms with Crippen LogP contribution in [0.1, 0.15) is 33.6 Å². The van der Waals surface area contributed by atoms with Crippen LogP contribution in [-0.4, -0.2) is 55.8 Å². The Morgan fingerprint density at radius 1 is 1.48 bits per heavy atom. The van der Waals surface area contributed by atoms with Gasteiger partial charge in [-0.3, -0.25) is 4.79 Å². The molecular weight excluding hydrogens is 303 g/mol. The average Bonchev–Trinajstić information content (AvgIpc) is 2.64. The molecule has 0 aromatic heterocycles. The van der Waals surface area contributed by atoms with Crippen LogP contribution in [-0.2, 0) is 19.8 Å². The summed E-state index contributed by atoms with van der Waals surface area (Å²) in [5, 5.41) is 1.25. The Balaban J connectivity index is 2.28. The van der Waals surface area contributed by atoms with Gasteiger partial charge in [-0.15, -0.1) is 3.89 Å². The van der Waals surface area contributed by atoms with Crippen LogP contribution in [0.3, 0.4) is 0 Å². The van der Waals surface area contributed by atoms with Crippen molar-refractivity contribution in [3.63, 3.8) is 0 Å². The Morgan fingerprint density at radius 3 is 2.57 bits per heavy atom. The highest BCUT2D eigenvalue weighted by Crippen LogP contribution is 2.19. The van der Waals surface area contributed by atoms with E-state index in [0.29, 0.717) is 6.42 Å². The van der Waals surface area contributed by atoms with Gasteiger partial charge in [-0.2, -0.15) is 8.42 Å². The van der Waals surface area contributed by atoms with E-state index in [1.54, 1.807) is 20.8 Å². The van der Waals surface area contributed by atoms with Gasteiger partial charge < -0.3 is 15.0 Å². The minimum absolute atomic E-state index is 0.135. The lowest BCUT2D eigenvalue weighted by Crippen LogP contribution is -2.35. The number of alkyl carbamates (subject to hydrolysis) is 1. The molecule has 1 rings (SSSR count). The first-order chi connectivity index (χ1) is 9.49. The van der Waals surface area contributed by atoms with Crippen LogP contribution >= 0.6 is 0 Å². The molecule has 1 saturated heterocycles. The minimum atomic E-state index is -4.68. The second-order valence-electron chi connectivity index (χ2n) is 5.92. The van der Waals surface area contributed by atoms with Crippen LogP contribution < -0.4 is 5.32 Å². The number of halogens is 1. The van der Waals surface area contributed by atoms with E-state index in [-0.39, 0.29) is 26.1 Å². The fraction of sp³-hybridized carbons (Fsp3) is 0.833. The zero-order chi connectivity index (χ0) is 16.3. The third kappa shape index (κ3) is 6.28. The molecule has 9 heteroatoms. The van der Waals surface area contributed by atoms with Crippen molar-refractivity contribution in [2.75, 3.05) is 19.6 Å². The topological polar surface area (TPSA) is 92.8 Å². The summed E-state index contributed by atoms with van der Waals surface area (Å²) in [6.45, 7) is 5.64. The molecule has 21 heavy (non-hydrogen) atoms. The normalized spacial score (nSPS) is 19.7. The molecule has 122 valence electrons. The summed E-state index contributed by atoms with van der Waals surface area (Å²) in [5.74, 6) is -0.390. The molecule has 1 fully saturated rings. The lowest BCUT2D eigenvalue weighted by Gasteiger charge is -2.20. The zero-order valence-corrected chi connectivity index (χ0v) is 13.2. The minimum Gasteiger partial charge on any atom is -0.444 e. The molecule has 1 aliphatic rings. The van der Waals surface area contributed by atoms with E-state index in [9.17, 15) is 21.9 Å². The second-order valence-corrected chi connectivity index (χ2v) is 7.54. The second kappa shape index (κ2) is 6.59. The van der Waals surface area contributed by atoms with E-state index in [4.69, 9.17) is 4.74 Å². The van der Waals surface area contributed by atoms with E-state index in [1.807, 2.05) is 0 Å². The predicted octanol–water partition coefficient (Wildman–Crippen LogP) is 0.801. The van der Waals surface area contributed by atoms with Crippen LogP contribution in [0, 0.1) is 0 Å². The molecule has 0 aliphatic carbocycles. The van der Waals surface area contributed by atoms with Crippen molar-refractivity contribution in [2.45, 2.75) is 44.5 Å². The fourth-order valence-electron chi connectivity index (χ4n) is 1.92. The molecule has 1 unspecified atom stereocenters. The Hall–Kier alpha value is -1.38. The van der Waals surface area contributed by atoms with E-state index in [2.05, 4.69) is 5.32 Å². The van der Waals surface area contributed by atoms with Crippen LogP contribution in [0.15, 0.2) is 0 Å². The van der Waals surface area contributed by atoms with Crippen molar-refractivity contribution in [3.8, 4) is 0 Å².